The maximum Gasteiger partial charge on any atom is 0.260 e. The summed E-state index contributed by atoms with van der Waals surface area (Å²) in [7, 11) is 0. The van der Waals surface area contributed by atoms with E-state index < -0.39 is 17.3 Å². The summed E-state index contributed by atoms with van der Waals surface area (Å²) in [6.07, 6.45) is 0. The Bertz CT molecular complexity index is 552. The van der Waals surface area contributed by atoms with Gasteiger partial charge in [0, 0.05) is 6.54 Å². The smallest absolute Gasteiger partial charge is 0.260 e. The minimum Gasteiger partial charge on any atom is -0.481 e. The standard InChI is InChI=1S/C14H17FN2O4/c1-14(13(16)19)9-17(6-7-21-14)12(18)8-20-11-5-3-2-4-10(11)15/h2-5H,6-9H2,1H3,(H2,16,19)/t14-/m0/s1. The lowest BCUT2D eigenvalue weighted by Gasteiger charge is -2.38. The van der Waals surface area contributed by atoms with Gasteiger partial charge in [-0.3, -0.25) is 9.59 Å². The number of hydrogen-bond acceptors (Lipinski definition) is 4. The summed E-state index contributed by atoms with van der Waals surface area (Å²) in [4.78, 5) is 24.8. The number of morpholine rings is 1. The molecule has 0 bridgehead atoms. The molecular formula is C14H17FN2O4. The van der Waals surface area contributed by atoms with Crippen molar-refractivity contribution in [1.82, 2.24) is 4.90 Å². The van der Waals surface area contributed by atoms with Gasteiger partial charge in [0.25, 0.3) is 11.8 Å². The molecule has 0 spiro atoms. The summed E-state index contributed by atoms with van der Waals surface area (Å²) in [6, 6.07) is 5.83. The summed E-state index contributed by atoms with van der Waals surface area (Å²) in [5, 5.41) is 0. The minimum atomic E-state index is -1.20. The number of nitrogens with two attached hydrogens (primary N) is 1. The first kappa shape index (κ1) is 15.2. The molecule has 0 saturated carbocycles. The van der Waals surface area contributed by atoms with Crippen molar-refractivity contribution >= 4 is 11.8 Å². The molecule has 2 rings (SSSR count). The average molecular weight is 296 g/mol. The average Bonchev–Trinajstić information content (AvgIpc) is 2.46. The third-order valence-electron chi connectivity index (χ3n) is 3.34. The zero-order valence-electron chi connectivity index (χ0n) is 11.7. The van der Waals surface area contributed by atoms with E-state index in [9.17, 15) is 14.0 Å². The van der Waals surface area contributed by atoms with Crippen molar-refractivity contribution in [2.75, 3.05) is 26.3 Å². The Hall–Kier alpha value is -2.15. The predicted molar refractivity (Wildman–Crippen MR) is 72.0 cm³/mol. The zero-order valence-corrected chi connectivity index (χ0v) is 11.7. The fourth-order valence-corrected chi connectivity index (χ4v) is 2.02. The SMILES string of the molecule is C[C@@]1(C(N)=O)CN(C(=O)COc2ccccc2F)CCO1. The molecule has 0 aliphatic carbocycles. The molecule has 0 radical (unpaired) electrons. The number of carbonyl (C=O) groups excluding carboxylic acids is 2. The number of benzene rings is 1. The molecule has 1 fully saturated rings. The highest BCUT2D eigenvalue weighted by molar-refractivity contribution is 5.85. The molecule has 21 heavy (non-hydrogen) atoms. The van der Waals surface area contributed by atoms with E-state index in [0.29, 0.717) is 6.54 Å². The first-order valence-electron chi connectivity index (χ1n) is 6.51. The van der Waals surface area contributed by atoms with Crippen molar-refractivity contribution in [2.45, 2.75) is 12.5 Å². The van der Waals surface area contributed by atoms with E-state index in [1.807, 2.05) is 0 Å². The van der Waals surface area contributed by atoms with Crippen LogP contribution in [0.4, 0.5) is 4.39 Å². The molecular weight excluding hydrogens is 279 g/mol. The molecule has 7 heteroatoms. The van der Waals surface area contributed by atoms with E-state index in [1.165, 1.54) is 30.0 Å². The van der Waals surface area contributed by atoms with Crippen LogP contribution in [0.15, 0.2) is 24.3 Å². The molecule has 2 N–H and O–H groups in total. The molecule has 1 heterocycles. The second kappa shape index (κ2) is 6.09. The molecule has 1 aromatic rings. The summed E-state index contributed by atoms with van der Waals surface area (Å²) < 4.78 is 23.9. The highest BCUT2D eigenvalue weighted by Crippen LogP contribution is 2.18. The first-order chi connectivity index (χ1) is 9.92. The number of carbonyl (C=O) groups is 2. The maximum atomic E-state index is 13.4. The summed E-state index contributed by atoms with van der Waals surface area (Å²) in [5.74, 6) is -1.50. The van der Waals surface area contributed by atoms with Crippen LogP contribution in [0.3, 0.4) is 0 Å². The van der Waals surface area contributed by atoms with Gasteiger partial charge in [-0.05, 0) is 19.1 Å². The van der Waals surface area contributed by atoms with E-state index in [1.54, 1.807) is 6.07 Å². The maximum absolute atomic E-state index is 13.4. The topological polar surface area (TPSA) is 81.9 Å². The fraction of sp³-hybridized carbons (Fsp3) is 0.429. The highest BCUT2D eigenvalue weighted by atomic mass is 19.1. The van der Waals surface area contributed by atoms with Gasteiger partial charge in [-0.25, -0.2) is 4.39 Å². The number of ether oxygens (including phenoxy) is 2. The van der Waals surface area contributed by atoms with Crippen molar-refractivity contribution in [1.29, 1.82) is 0 Å². The van der Waals surface area contributed by atoms with Crippen LogP contribution < -0.4 is 10.5 Å². The number of rotatable bonds is 4. The molecule has 0 aromatic heterocycles. The van der Waals surface area contributed by atoms with E-state index in [0.717, 1.165) is 0 Å². The summed E-state index contributed by atoms with van der Waals surface area (Å²) in [5.41, 5.74) is 4.06. The second-order valence-corrected chi connectivity index (χ2v) is 4.98. The highest BCUT2D eigenvalue weighted by Gasteiger charge is 2.39. The number of amides is 2. The number of primary amides is 1. The van der Waals surface area contributed by atoms with Crippen LogP contribution in [0.2, 0.25) is 0 Å². The van der Waals surface area contributed by atoms with Gasteiger partial charge < -0.3 is 20.1 Å². The van der Waals surface area contributed by atoms with Crippen molar-refractivity contribution in [3.8, 4) is 5.75 Å². The fourth-order valence-electron chi connectivity index (χ4n) is 2.02. The van der Waals surface area contributed by atoms with Gasteiger partial charge in [-0.2, -0.15) is 0 Å². The molecule has 1 saturated heterocycles. The van der Waals surface area contributed by atoms with Crippen molar-refractivity contribution in [3.63, 3.8) is 0 Å². The van der Waals surface area contributed by atoms with E-state index in [-0.39, 0.29) is 31.4 Å². The van der Waals surface area contributed by atoms with Crippen LogP contribution in [-0.2, 0) is 14.3 Å². The third kappa shape index (κ3) is 3.49. The minimum absolute atomic E-state index is 0.0109. The Kier molecular flexibility index (Phi) is 4.42. The van der Waals surface area contributed by atoms with E-state index in [4.69, 9.17) is 15.2 Å². The van der Waals surface area contributed by atoms with E-state index >= 15 is 0 Å². The molecule has 1 aliphatic heterocycles. The molecule has 1 atom stereocenters. The quantitative estimate of drug-likeness (QED) is 0.867. The summed E-state index contributed by atoms with van der Waals surface area (Å²) >= 11 is 0. The zero-order chi connectivity index (χ0) is 15.5. The van der Waals surface area contributed by atoms with Gasteiger partial charge >= 0.3 is 0 Å². The van der Waals surface area contributed by atoms with Crippen LogP contribution in [0, 0.1) is 5.82 Å². The number of para-hydroxylation sites is 1. The Morgan fingerprint density at radius 2 is 2.19 bits per heavy atom. The number of hydrogen-bond donors (Lipinski definition) is 1. The van der Waals surface area contributed by atoms with Gasteiger partial charge in [0.15, 0.2) is 23.8 Å². The number of halogens is 1. The Balaban J connectivity index is 1.94. The van der Waals surface area contributed by atoms with Gasteiger partial charge in [0.2, 0.25) is 0 Å². The van der Waals surface area contributed by atoms with Gasteiger partial charge in [0.1, 0.15) is 0 Å². The lowest BCUT2D eigenvalue weighted by molar-refractivity contribution is -0.161. The van der Waals surface area contributed by atoms with E-state index in [2.05, 4.69) is 0 Å². The van der Waals surface area contributed by atoms with Crippen molar-refractivity contribution in [2.24, 2.45) is 5.73 Å². The lowest BCUT2D eigenvalue weighted by atomic mass is 10.0. The summed E-state index contributed by atoms with van der Waals surface area (Å²) in [6.45, 7) is 1.83. The molecule has 0 unspecified atom stereocenters. The van der Waals surface area contributed by atoms with Crippen molar-refractivity contribution < 1.29 is 23.5 Å². The van der Waals surface area contributed by atoms with Gasteiger partial charge in [0.05, 0.1) is 13.2 Å². The second-order valence-electron chi connectivity index (χ2n) is 4.98. The first-order valence-corrected chi connectivity index (χ1v) is 6.51. The molecule has 1 aromatic carbocycles. The van der Waals surface area contributed by atoms with Crippen LogP contribution in [0.25, 0.3) is 0 Å². The van der Waals surface area contributed by atoms with Gasteiger partial charge in [-0.15, -0.1) is 0 Å². The van der Waals surface area contributed by atoms with Crippen molar-refractivity contribution in [3.05, 3.63) is 30.1 Å². The molecule has 1 aliphatic rings. The van der Waals surface area contributed by atoms with Crippen LogP contribution in [0.5, 0.6) is 5.75 Å². The third-order valence-corrected chi connectivity index (χ3v) is 3.34. The predicted octanol–water partition coefficient (Wildman–Crippen LogP) is 0.307. The largest absolute Gasteiger partial charge is 0.481 e. The Morgan fingerprint density at radius 1 is 1.48 bits per heavy atom. The lowest BCUT2D eigenvalue weighted by Crippen LogP contribution is -2.58. The molecule has 2 amide bonds. The normalized spacial score (nSPS) is 21.9. The van der Waals surface area contributed by atoms with Crippen LogP contribution >= 0.6 is 0 Å². The monoisotopic (exact) mass is 296 g/mol. The van der Waals surface area contributed by atoms with Gasteiger partial charge in [-0.1, -0.05) is 12.1 Å². The van der Waals surface area contributed by atoms with Crippen LogP contribution in [0.1, 0.15) is 6.92 Å². The molecule has 6 nitrogen and oxygen atoms in total. The Labute approximate surface area is 121 Å². The Morgan fingerprint density at radius 3 is 2.86 bits per heavy atom. The van der Waals surface area contributed by atoms with Crippen LogP contribution in [-0.4, -0.2) is 48.6 Å². The molecule has 114 valence electrons. The number of nitrogens with zero attached hydrogens (tertiary/aromatic N) is 1.